The molecule has 0 N–H and O–H groups in total. The molecule has 0 aliphatic carbocycles. The van der Waals surface area contributed by atoms with Crippen LogP contribution in [0, 0.1) is 0 Å². The highest BCUT2D eigenvalue weighted by Crippen LogP contribution is 2.37. The van der Waals surface area contributed by atoms with Crippen LogP contribution in [0.3, 0.4) is 0 Å². The predicted octanol–water partition coefficient (Wildman–Crippen LogP) is 6.75. The van der Waals surface area contributed by atoms with Crippen molar-refractivity contribution in [3.63, 3.8) is 0 Å². The number of esters is 4. The molecule has 2 atom stereocenters. The molecule has 0 saturated heterocycles. The minimum Gasteiger partial charge on any atom is -0.490 e. The van der Waals surface area contributed by atoms with Crippen LogP contribution in [-0.2, 0) is 49.0 Å². The molecule has 0 heterocycles. The van der Waals surface area contributed by atoms with Gasteiger partial charge in [0, 0.05) is 35.1 Å². The van der Waals surface area contributed by atoms with Gasteiger partial charge in [0.25, 0.3) is 0 Å². The average molecular weight is 711 g/mol. The van der Waals surface area contributed by atoms with Crippen LogP contribution in [0.25, 0.3) is 0 Å². The Bertz CT molecular complexity index is 1610. The number of hydrogen-bond donors (Lipinski definition) is 0. The third-order valence-corrected chi connectivity index (χ3v) is 8.39. The molecular formula is C42H46O10. The summed E-state index contributed by atoms with van der Waals surface area (Å²) in [5.74, 6) is -1.47. The van der Waals surface area contributed by atoms with Crippen LogP contribution in [0.5, 0.6) is 11.5 Å². The van der Waals surface area contributed by atoms with Gasteiger partial charge < -0.3 is 28.4 Å². The molecule has 0 bridgehead atoms. The van der Waals surface area contributed by atoms with E-state index < -0.39 is 36.1 Å². The van der Waals surface area contributed by atoms with E-state index in [-0.39, 0.29) is 37.3 Å². The molecule has 0 aliphatic rings. The lowest BCUT2D eigenvalue weighted by atomic mass is 9.73. The van der Waals surface area contributed by atoms with E-state index in [0.717, 1.165) is 46.6 Å². The van der Waals surface area contributed by atoms with Gasteiger partial charge in [-0.3, -0.25) is 0 Å². The van der Waals surface area contributed by atoms with Crippen molar-refractivity contribution in [2.45, 2.75) is 50.7 Å². The Balaban J connectivity index is 1.70. The monoisotopic (exact) mass is 710 g/mol. The Kier molecular flexibility index (Phi) is 14.7. The van der Waals surface area contributed by atoms with Crippen molar-refractivity contribution in [1.29, 1.82) is 0 Å². The van der Waals surface area contributed by atoms with Crippen LogP contribution in [0.2, 0.25) is 0 Å². The van der Waals surface area contributed by atoms with Crippen LogP contribution in [0.15, 0.2) is 123 Å². The summed E-state index contributed by atoms with van der Waals surface area (Å²) in [4.78, 5) is 46.5. The summed E-state index contributed by atoms with van der Waals surface area (Å²) < 4.78 is 32.3. The summed E-state index contributed by atoms with van der Waals surface area (Å²) in [6, 6.07) is 23.8. The molecule has 0 spiro atoms. The molecule has 0 radical (unpaired) electrons. The van der Waals surface area contributed by atoms with Crippen molar-refractivity contribution < 1.29 is 47.6 Å². The van der Waals surface area contributed by atoms with Crippen molar-refractivity contribution >= 4 is 23.9 Å². The molecule has 0 saturated carbocycles. The second kappa shape index (κ2) is 18.9. The number of rotatable bonds is 20. The lowest BCUT2D eigenvalue weighted by Crippen LogP contribution is -2.30. The van der Waals surface area contributed by atoms with Crippen LogP contribution in [-0.4, -0.2) is 62.5 Å². The van der Waals surface area contributed by atoms with E-state index in [1.165, 1.54) is 0 Å². The van der Waals surface area contributed by atoms with Gasteiger partial charge in [-0.2, -0.15) is 0 Å². The average Bonchev–Trinajstić information content (AvgIpc) is 3.16. The second-order valence-electron chi connectivity index (χ2n) is 12.7. The van der Waals surface area contributed by atoms with Crippen molar-refractivity contribution in [1.82, 2.24) is 0 Å². The van der Waals surface area contributed by atoms with E-state index >= 15 is 0 Å². The second-order valence-corrected chi connectivity index (χ2v) is 12.7. The lowest BCUT2D eigenvalue weighted by Gasteiger charge is -2.31. The maximum Gasteiger partial charge on any atom is 0.330 e. The van der Waals surface area contributed by atoms with Crippen molar-refractivity contribution in [3.05, 3.63) is 146 Å². The summed E-state index contributed by atoms with van der Waals surface area (Å²) in [5, 5.41) is 0. The fourth-order valence-corrected chi connectivity index (χ4v) is 5.07. The van der Waals surface area contributed by atoms with E-state index in [0.29, 0.717) is 11.5 Å². The van der Waals surface area contributed by atoms with Gasteiger partial charge in [-0.05, 0) is 46.5 Å². The molecule has 52 heavy (non-hydrogen) atoms. The molecule has 0 aliphatic heterocycles. The molecule has 0 amide bonds. The van der Waals surface area contributed by atoms with Gasteiger partial charge in [0.05, 0.1) is 0 Å². The number of carbonyl (C=O) groups excluding carboxylic acids is 4. The number of carbonyl (C=O) groups is 4. The highest BCUT2D eigenvalue weighted by molar-refractivity contribution is 5.82. The van der Waals surface area contributed by atoms with Crippen molar-refractivity contribution in [2.75, 3.05) is 26.4 Å². The van der Waals surface area contributed by atoms with Crippen LogP contribution in [0.4, 0.5) is 0 Å². The molecule has 3 aromatic carbocycles. The SMILES string of the molecule is C=CC(=O)OCC(COc1ccc(C(C)(C)c2cccc(C(C)(C)c3ccc(OCC(COC(=O)C=C)OC(=O)C=C)cc3)c2)cc1)OC(=O)C=C. The van der Waals surface area contributed by atoms with Gasteiger partial charge in [-0.1, -0.05) is 103 Å². The van der Waals surface area contributed by atoms with Crippen molar-refractivity contribution in [2.24, 2.45) is 0 Å². The minimum atomic E-state index is -0.831. The molecule has 0 aromatic heterocycles. The molecule has 10 heteroatoms. The fraction of sp³-hybridized carbons (Fsp3) is 0.286. The summed E-state index contributed by atoms with van der Waals surface area (Å²) in [6.07, 6.45) is 2.45. The molecule has 274 valence electrons. The summed E-state index contributed by atoms with van der Waals surface area (Å²) >= 11 is 0. The minimum absolute atomic E-state index is 0.0319. The Labute approximate surface area is 305 Å². The molecule has 2 unspecified atom stereocenters. The first-order valence-corrected chi connectivity index (χ1v) is 16.6. The van der Waals surface area contributed by atoms with Crippen LogP contribution < -0.4 is 9.47 Å². The quantitative estimate of drug-likeness (QED) is 0.0707. The molecule has 10 nitrogen and oxygen atoms in total. The van der Waals surface area contributed by atoms with Gasteiger partial charge in [0.1, 0.15) is 37.9 Å². The normalized spacial score (nSPS) is 12.2. The van der Waals surface area contributed by atoms with E-state index in [4.69, 9.17) is 28.4 Å². The number of ether oxygens (including phenoxy) is 6. The van der Waals surface area contributed by atoms with Crippen molar-refractivity contribution in [3.8, 4) is 11.5 Å². The largest absolute Gasteiger partial charge is 0.490 e. The fourth-order valence-electron chi connectivity index (χ4n) is 5.07. The zero-order valence-corrected chi connectivity index (χ0v) is 30.1. The summed E-state index contributed by atoms with van der Waals surface area (Å²) in [7, 11) is 0. The Morgan fingerprint density at radius 1 is 0.519 bits per heavy atom. The highest BCUT2D eigenvalue weighted by Gasteiger charge is 2.28. The summed E-state index contributed by atoms with van der Waals surface area (Å²) in [6.45, 7) is 21.7. The third-order valence-electron chi connectivity index (χ3n) is 8.39. The highest BCUT2D eigenvalue weighted by atomic mass is 16.6. The van der Waals surface area contributed by atoms with Crippen LogP contribution >= 0.6 is 0 Å². The summed E-state index contributed by atoms with van der Waals surface area (Å²) in [5.41, 5.74) is 3.61. The number of hydrogen-bond acceptors (Lipinski definition) is 10. The first-order chi connectivity index (χ1) is 24.7. The first kappa shape index (κ1) is 40.5. The van der Waals surface area contributed by atoms with E-state index in [1.807, 2.05) is 48.5 Å². The molecule has 0 fully saturated rings. The zero-order chi connectivity index (χ0) is 38.3. The molecular weight excluding hydrogens is 664 g/mol. The smallest absolute Gasteiger partial charge is 0.330 e. The van der Waals surface area contributed by atoms with Gasteiger partial charge in [-0.25, -0.2) is 19.2 Å². The first-order valence-electron chi connectivity index (χ1n) is 16.6. The maximum atomic E-state index is 11.7. The van der Waals surface area contributed by atoms with E-state index in [9.17, 15) is 19.2 Å². The topological polar surface area (TPSA) is 124 Å². The van der Waals surface area contributed by atoms with E-state index in [2.05, 4.69) is 78.3 Å². The van der Waals surface area contributed by atoms with Gasteiger partial charge >= 0.3 is 23.9 Å². The maximum absolute atomic E-state index is 11.7. The van der Waals surface area contributed by atoms with E-state index in [1.54, 1.807) is 0 Å². The predicted molar refractivity (Wildman–Crippen MR) is 197 cm³/mol. The third kappa shape index (κ3) is 11.6. The molecule has 3 rings (SSSR count). The Morgan fingerprint density at radius 3 is 1.19 bits per heavy atom. The van der Waals surface area contributed by atoms with Gasteiger partial charge in [-0.15, -0.1) is 0 Å². The van der Waals surface area contributed by atoms with Gasteiger partial charge in [0.2, 0.25) is 0 Å². The Morgan fingerprint density at radius 2 is 0.865 bits per heavy atom. The molecule has 3 aromatic rings. The van der Waals surface area contributed by atoms with Gasteiger partial charge in [0.15, 0.2) is 12.2 Å². The lowest BCUT2D eigenvalue weighted by molar-refractivity contribution is -0.154. The Hall–Kier alpha value is -5.90. The zero-order valence-electron chi connectivity index (χ0n) is 30.1. The van der Waals surface area contributed by atoms with Crippen LogP contribution in [0.1, 0.15) is 49.9 Å². The standard InChI is InChI=1S/C42H46O10/c1-9-37(43)49-27-35(51-39(45)11-3)25-47-33-20-16-29(17-21-33)41(5,6)31-14-13-15-32(24-31)42(7,8)30-18-22-34(23-19-30)48-26-36(52-40(46)12-4)28-50-38(44)10-2/h9-24,35-36H,1-4,25-28H2,5-8H3. The number of benzene rings is 3.